The van der Waals surface area contributed by atoms with E-state index >= 15 is 0 Å². The molecule has 1 amide bonds. The van der Waals surface area contributed by atoms with Gasteiger partial charge in [0, 0.05) is 30.7 Å². The van der Waals surface area contributed by atoms with E-state index in [0.717, 1.165) is 29.2 Å². The molecule has 3 aromatic rings. The van der Waals surface area contributed by atoms with Gasteiger partial charge in [0.05, 0.1) is 5.75 Å². The molecule has 0 aliphatic heterocycles. The van der Waals surface area contributed by atoms with Gasteiger partial charge in [0.2, 0.25) is 5.91 Å². The molecule has 144 valence electrons. The van der Waals surface area contributed by atoms with Crippen molar-refractivity contribution in [1.82, 2.24) is 24.6 Å². The van der Waals surface area contributed by atoms with Gasteiger partial charge in [-0.05, 0) is 61.6 Å². The Hall–Kier alpha value is -2.67. The molecule has 0 N–H and O–H groups in total. The van der Waals surface area contributed by atoms with E-state index in [9.17, 15) is 4.79 Å². The fraction of sp³-hybridized carbons (Fsp3) is 0.333. The van der Waals surface area contributed by atoms with Crippen LogP contribution in [0.3, 0.4) is 0 Å². The molecule has 1 saturated carbocycles. The number of carbonyl (C=O) groups excluding carboxylic acids is 1. The van der Waals surface area contributed by atoms with Crippen molar-refractivity contribution in [3.05, 3.63) is 65.7 Å². The van der Waals surface area contributed by atoms with Gasteiger partial charge >= 0.3 is 0 Å². The summed E-state index contributed by atoms with van der Waals surface area (Å²) >= 11 is 1.43. The Morgan fingerprint density at radius 3 is 2.82 bits per heavy atom. The maximum Gasteiger partial charge on any atom is 0.233 e. The first-order chi connectivity index (χ1) is 13.6. The molecular formula is C21H23N5OS. The molecule has 4 rings (SSSR count). The normalized spacial score (nSPS) is 13.5. The van der Waals surface area contributed by atoms with Gasteiger partial charge in [-0.2, -0.15) is 0 Å². The predicted octanol–water partition coefficient (Wildman–Crippen LogP) is 3.56. The number of benzene rings is 1. The highest BCUT2D eigenvalue weighted by molar-refractivity contribution is 7.99. The van der Waals surface area contributed by atoms with Gasteiger partial charge < -0.3 is 4.90 Å². The molecule has 1 fully saturated rings. The highest BCUT2D eigenvalue weighted by Crippen LogP contribution is 2.30. The summed E-state index contributed by atoms with van der Waals surface area (Å²) in [4.78, 5) is 19.0. The summed E-state index contributed by atoms with van der Waals surface area (Å²) < 4.78 is 1.94. The first kappa shape index (κ1) is 18.7. The largest absolute Gasteiger partial charge is 0.335 e. The van der Waals surface area contributed by atoms with Crippen LogP contribution in [0.1, 0.15) is 29.5 Å². The zero-order chi connectivity index (χ0) is 19.5. The number of nitrogens with zero attached hydrogens (tertiary/aromatic N) is 5. The van der Waals surface area contributed by atoms with E-state index in [1.54, 1.807) is 12.5 Å². The molecule has 0 bridgehead atoms. The number of aryl methyl sites for hydroxylation is 2. The molecule has 0 atom stereocenters. The molecule has 0 radical (unpaired) electrons. The zero-order valence-corrected chi connectivity index (χ0v) is 16.9. The van der Waals surface area contributed by atoms with Crippen LogP contribution in [-0.2, 0) is 11.3 Å². The van der Waals surface area contributed by atoms with E-state index < -0.39 is 0 Å². The third-order valence-electron chi connectivity index (χ3n) is 4.99. The lowest BCUT2D eigenvalue weighted by Gasteiger charge is -2.22. The van der Waals surface area contributed by atoms with Gasteiger partial charge in [-0.25, -0.2) is 0 Å². The van der Waals surface area contributed by atoms with Crippen LogP contribution in [0.15, 0.2) is 54.2 Å². The molecule has 7 heteroatoms. The van der Waals surface area contributed by atoms with Crippen LogP contribution >= 0.6 is 11.8 Å². The van der Waals surface area contributed by atoms with Crippen LogP contribution < -0.4 is 0 Å². The topological polar surface area (TPSA) is 63.9 Å². The SMILES string of the molecule is Cc1ccc(-n2cnnc2SCC(=O)N(Cc2cccnc2)C2CC2)cc1C. The Kier molecular flexibility index (Phi) is 5.43. The monoisotopic (exact) mass is 393 g/mol. The summed E-state index contributed by atoms with van der Waals surface area (Å²) in [6.45, 7) is 4.79. The fourth-order valence-corrected chi connectivity index (χ4v) is 3.89. The maximum atomic E-state index is 12.9. The standard InChI is InChI=1S/C21H23N5OS/c1-15-5-6-19(10-16(15)2)26-14-23-24-21(26)28-13-20(27)25(18-7-8-18)12-17-4-3-9-22-11-17/h3-6,9-11,14,18H,7-8,12-13H2,1-2H3. The van der Waals surface area contributed by atoms with E-state index in [1.807, 2.05) is 27.8 Å². The van der Waals surface area contributed by atoms with Crippen molar-refractivity contribution in [1.29, 1.82) is 0 Å². The quantitative estimate of drug-likeness (QED) is 0.574. The minimum absolute atomic E-state index is 0.131. The highest BCUT2D eigenvalue weighted by Gasteiger charge is 2.32. The Morgan fingerprint density at radius 1 is 1.25 bits per heavy atom. The predicted molar refractivity (Wildman–Crippen MR) is 109 cm³/mol. The fourth-order valence-electron chi connectivity index (χ4n) is 3.08. The van der Waals surface area contributed by atoms with Gasteiger partial charge in [-0.1, -0.05) is 23.9 Å². The smallest absolute Gasteiger partial charge is 0.233 e. The molecule has 1 aliphatic rings. The van der Waals surface area contributed by atoms with E-state index in [2.05, 4.69) is 47.2 Å². The van der Waals surface area contributed by atoms with E-state index in [-0.39, 0.29) is 5.91 Å². The Morgan fingerprint density at radius 2 is 2.11 bits per heavy atom. The van der Waals surface area contributed by atoms with Gasteiger partial charge in [0.25, 0.3) is 0 Å². The van der Waals surface area contributed by atoms with Crippen LogP contribution in [-0.4, -0.2) is 42.4 Å². The number of thioether (sulfide) groups is 1. The third kappa shape index (κ3) is 4.25. The third-order valence-corrected chi connectivity index (χ3v) is 5.92. The van der Waals surface area contributed by atoms with Gasteiger partial charge in [-0.3, -0.25) is 14.3 Å². The summed E-state index contributed by atoms with van der Waals surface area (Å²) in [5.74, 6) is 0.478. The zero-order valence-electron chi connectivity index (χ0n) is 16.1. The van der Waals surface area contributed by atoms with Crippen molar-refractivity contribution in [2.45, 2.75) is 44.4 Å². The Bertz CT molecular complexity index is 968. The van der Waals surface area contributed by atoms with Gasteiger partial charge in [-0.15, -0.1) is 10.2 Å². The molecule has 1 aromatic carbocycles. The van der Waals surface area contributed by atoms with Gasteiger partial charge in [0.15, 0.2) is 5.16 Å². The molecule has 0 unspecified atom stereocenters. The number of hydrogen-bond donors (Lipinski definition) is 0. The Labute approximate surface area is 169 Å². The lowest BCUT2D eigenvalue weighted by Crippen LogP contribution is -2.34. The van der Waals surface area contributed by atoms with Gasteiger partial charge in [0.1, 0.15) is 6.33 Å². The number of hydrogen-bond acceptors (Lipinski definition) is 5. The highest BCUT2D eigenvalue weighted by atomic mass is 32.2. The van der Waals surface area contributed by atoms with Crippen molar-refractivity contribution >= 4 is 17.7 Å². The average Bonchev–Trinajstić information content (AvgIpc) is 3.44. The molecule has 2 aromatic heterocycles. The number of pyridine rings is 1. The summed E-state index contributed by atoms with van der Waals surface area (Å²) in [5.41, 5.74) is 4.54. The summed E-state index contributed by atoms with van der Waals surface area (Å²) in [6, 6.07) is 10.5. The van der Waals surface area contributed by atoms with Crippen LogP contribution in [0.2, 0.25) is 0 Å². The summed E-state index contributed by atoms with van der Waals surface area (Å²) in [7, 11) is 0. The molecule has 0 spiro atoms. The van der Waals surface area contributed by atoms with Crippen LogP contribution in [0.5, 0.6) is 0 Å². The minimum atomic E-state index is 0.131. The van der Waals surface area contributed by atoms with Crippen LogP contribution in [0, 0.1) is 13.8 Å². The second kappa shape index (κ2) is 8.14. The molecular weight excluding hydrogens is 370 g/mol. The first-order valence-electron chi connectivity index (χ1n) is 9.40. The van der Waals surface area contributed by atoms with Crippen molar-refractivity contribution in [2.75, 3.05) is 5.75 Å². The molecule has 1 aliphatic carbocycles. The summed E-state index contributed by atoms with van der Waals surface area (Å²) in [5, 5.41) is 8.99. The number of amides is 1. The lowest BCUT2D eigenvalue weighted by atomic mass is 10.1. The first-order valence-corrected chi connectivity index (χ1v) is 10.4. The molecule has 0 saturated heterocycles. The Balaban J connectivity index is 1.44. The second-order valence-corrected chi connectivity index (χ2v) is 8.10. The average molecular weight is 394 g/mol. The number of carbonyl (C=O) groups is 1. The van der Waals surface area contributed by atoms with E-state index in [0.29, 0.717) is 18.3 Å². The lowest BCUT2D eigenvalue weighted by molar-refractivity contribution is -0.129. The maximum absolute atomic E-state index is 12.9. The number of rotatable bonds is 7. The van der Waals surface area contributed by atoms with E-state index in [1.165, 1.54) is 22.9 Å². The second-order valence-electron chi connectivity index (χ2n) is 7.15. The van der Waals surface area contributed by atoms with Crippen molar-refractivity contribution in [2.24, 2.45) is 0 Å². The van der Waals surface area contributed by atoms with Crippen LogP contribution in [0.4, 0.5) is 0 Å². The summed E-state index contributed by atoms with van der Waals surface area (Å²) in [6.07, 6.45) is 7.44. The molecule has 6 nitrogen and oxygen atoms in total. The minimum Gasteiger partial charge on any atom is -0.335 e. The van der Waals surface area contributed by atoms with Crippen molar-refractivity contribution in [3.63, 3.8) is 0 Å². The van der Waals surface area contributed by atoms with Crippen LogP contribution in [0.25, 0.3) is 5.69 Å². The molecule has 2 heterocycles. The van der Waals surface area contributed by atoms with E-state index in [4.69, 9.17) is 0 Å². The molecule has 28 heavy (non-hydrogen) atoms. The van der Waals surface area contributed by atoms with Crippen molar-refractivity contribution < 1.29 is 4.79 Å². The number of aromatic nitrogens is 4. The van der Waals surface area contributed by atoms with Crippen molar-refractivity contribution in [3.8, 4) is 5.69 Å².